The Kier molecular flexibility index (Phi) is 3.47. The van der Waals surface area contributed by atoms with E-state index < -0.39 is 11.7 Å². The van der Waals surface area contributed by atoms with E-state index in [0.29, 0.717) is 12.8 Å². The standard InChI is InChI=1S/C14H19NO4/c1-14(2,3)19-13(18)15-11(6-7-12(15)17)9-4-5-10(16)8-9/h6-7,9,11H,4-5,8H2,1-3H3/t9-,11+/m1/s1. The van der Waals surface area contributed by atoms with E-state index in [0.717, 1.165) is 11.3 Å². The monoisotopic (exact) mass is 265 g/mol. The summed E-state index contributed by atoms with van der Waals surface area (Å²) < 4.78 is 5.25. The molecule has 5 heteroatoms. The molecule has 0 N–H and O–H groups in total. The number of nitrogens with zero attached hydrogens (tertiary/aromatic N) is 1. The lowest BCUT2D eigenvalue weighted by molar-refractivity contribution is -0.126. The van der Waals surface area contributed by atoms with Gasteiger partial charge in [0.25, 0.3) is 5.91 Å². The van der Waals surface area contributed by atoms with Gasteiger partial charge in [0.2, 0.25) is 0 Å². The van der Waals surface area contributed by atoms with Crippen LogP contribution in [0.5, 0.6) is 0 Å². The van der Waals surface area contributed by atoms with Gasteiger partial charge in [0.15, 0.2) is 0 Å². The maximum Gasteiger partial charge on any atom is 0.417 e. The van der Waals surface area contributed by atoms with Crippen molar-refractivity contribution in [2.45, 2.75) is 51.7 Å². The van der Waals surface area contributed by atoms with Gasteiger partial charge in [0, 0.05) is 18.9 Å². The molecule has 1 saturated carbocycles. The van der Waals surface area contributed by atoms with Crippen molar-refractivity contribution in [3.05, 3.63) is 12.2 Å². The molecule has 1 fully saturated rings. The van der Waals surface area contributed by atoms with Gasteiger partial charge in [-0.3, -0.25) is 9.59 Å². The fourth-order valence-electron chi connectivity index (χ4n) is 2.52. The van der Waals surface area contributed by atoms with Crippen molar-refractivity contribution in [2.75, 3.05) is 0 Å². The van der Waals surface area contributed by atoms with Gasteiger partial charge in [-0.05, 0) is 33.1 Å². The fraction of sp³-hybridized carbons (Fsp3) is 0.643. The van der Waals surface area contributed by atoms with E-state index in [1.54, 1.807) is 26.8 Å². The minimum Gasteiger partial charge on any atom is -0.443 e. The van der Waals surface area contributed by atoms with Crippen LogP contribution in [0.25, 0.3) is 0 Å². The highest BCUT2D eigenvalue weighted by molar-refractivity contribution is 6.01. The van der Waals surface area contributed by atoms with Crippen molar-refractivity contribution in [1.82, 2.24) is 4.90 Å². The SMILES string of the molecule is CC(C)(C)OC(=O)N1C(=O)C=C[C@H]1[C@@H]1CCC(=O)C1. The summed E-state index contributed by atoms with van der Waals surface area (Å²) in [6, 6.07) is -0.339. The molecule has 1 aliphatic heterocycles. The van der Waals surface area contributed by atoms with Crippen LogP contribution in [0, 0.1) is 5.92 Å². The summed E-state index contributed by atoms with van der Waals surface area (Å²) in [5.74, 6) is -0.136. The third-order valence-corrected chi connectivity index (χ3v) is 3.33. The molecule has 0 spiro atoms. The number of imide groups is 1. The number of carbonyl (C=O) groups is 3. The van der Waals surface area contributed by atoms with Crippen LogP contribution in [-0.4, -0.2) is 34.3 Å². The van der Waals surface area contributed by atoms with Crippen LogP contribution in [0.3, 0.4) is 0 Å². The number of hydrogen-bond acceptors (Lipinski definition) is 4. The number of Topliss-reactive ketones (excluding diaryl/α,β-unsaturated/α-hetero) is 1. The summed E-state index contributed by atoms with van der Waals surface area (Å²) in [5.41, 5.74) is -0.643. The largest absolute Gasteiger partial charge is 0.443 e. The zero-order valence-electron chi connectivity index (χ0n) is 11.5. The molecule has 0 radical (unpaired) electrons. The van der Waals surface area contributed by atoms with Crippen LogP contribution in [0.2, 0.25) is 0 Å². The van der Waals surface area contributed by atoms with Gasteiger partial charge in [0.1, 0.15) is 11.4 Å². The van der Waals surface area contributed by atoms with Crippen molar-refractivity contribution < 1.29 is 19.1 Å². The molecule has 2 aliphatic rings. The number of hydrogen-bond donors (Lipinski definition) is 0. The number of rotatable bonds is 1. The van der Waals surface area contributed by atoms with Crippen LogP contribution in [-0.2, 0) is 14.3 Å². The summed E-state index contributed by atoms with van der Waals surface area (Å²) in [5, 5.41) is 0. The zero-order chi connectivity index (χ0) is 14.2. The van der Waals surface area contributed by atoms with Gasteiger partial charge in [-0.1, -0.05) is 6.08 Å². The molecule has 1 aliphatic carbocycles. The molecule has 0 aromatic carbocycles. The molecule has 1 heterocycles. The lowest BCUT2D eigenvalue weighted by Gasteiger charge is -2.29. The van der Waals surface area contributed by atoms with Gasteiger partial charge in [-0.25, -0.2) is 9.69 Å². The van der Waals surface area contributed by atoms with Gasteiger partial charge >= 0.3 is 6.09 Å². The van der Waals surface area contributed by atoms with E-state index in [1.807, 2.05) is 0 Å². The molecule has 19 heavy (non-hydrogen) atoms. The molecule has 0 aromatic rings. The van der Waals surface area contributed by atoms with Gasteiger partial charge in [-0.2, -0.15) is 0 Å². The first-order chi connectivity index (χ1) is 8.78. The summed E-state index contributed by atoms with van der Waals surface area (Å²) in [6.45, 7) is 5.27. The third-order valence-electron chi connectivity index (χ3n) is 3.33. The van der Waals surface area contributed by atoms with Crippen LogP contribution in [0.4, 0.5) is 4.79 Å². The Morgan fingerprint density at radius 1 is 1.37 bits per heavy atom. The topological polar surface area (TPSA) is 63.7 Å². The van der Waals surface area contributed by atoms with Crippen LogP contribution in [0.1, 0.15) is 40.0 Å². The van der Waals surface area contributed by atoms with Gasteiger partial charge in [0.05, 0.1) is 6.04 Å². The van der Waals surface area contributed by atoms with Crippen LogP contribution >= 0.6 is 0 Å². The highest BCUT2D eigenvalue weighted by Crippen LogP contribution is 2.32. The van der Waals surface area contributed by atoms with Crippen molar-refractivity contribution in [1.29, 1.82) is 0 Å². The Balaban J connectivity index is 2.11. The molecule has 0 unspecified atom stereocenters. The van der Waals surface area contributed by atoms with E-state index in [4.69, 9.17) is 4.74 Å². The Morgan fingerprint density at radius 3 is 2.58 bits per heavy atom. The summed E-state index contributed by atoms with van der Waals surface area (Å²) >= 11 is 0. The second-order valence-corrected chi connectivity index (χ2v) is 6.08. The molecular formula is C14H19NO4. The number of carbonyl (C=O) groups excluding carboxylic acids is 3. The third kappa shape index (κ3) is 3.03. The van der Waals surface area contributed by atoms with Gasteiger partial charge < -0.3 is 4.74 Å². The highest BCUT2D eigenvalue weighted by atomic mass is 16.6. The molecule has 2 amide bonds. The van der Waals surface area contributed by atoms with Crippen LogP contribution in [0.15, 0.2) is 12.2 Å². The summed E-state index contributed by atoms with van der Waals surface area (Å²) in [4.78, 5) is 36.4. The van der Waals surface area contributed by atoms with E-state index in [1.165, 1.54) is 6.08 Å². The average Bonchev–Trinajstić information content (AvgIpc) is 2.81. The number of ether oxygens (including phenoxy) is 1. The Labute approximate surface area is 112 Å². The predicted molar refractivity (Wildman–Crippen MR) is 68.4 cm³/mol. The summed E-state index contributed by atoms with van der Waals surface area (Å²) in [6.07, 6.45) is 4.15. The fourth-order valence-corrected chi connectivity index (χ4v) is 2.52. The smallest absolute Gasteiger partial charge is 0.417 e. The predicted octanol–water partition coefficient (Wildman–Crippen LogP) is 2.06. The molecular weight excluding hydrogens is 246 g/mol. The second kappa shape index (κ2) is 4.79. The van der Waals surface area contributed by atoms with Crippen molar-refractivity contribution in [2.24, 2.45) is 5.92 Å². The molecule has 104 valence electrons. The minimum absolute atomic E-state index is 0.0303. The quantitative estimate of drug-likeness (QED) is 0.728. The molecule has 5 nitrogen and oxygen atoms in total. The van der Waals surface area contributed by atoms with E-state index in [9.17, 15) is 14.4 Å². The first kappa shape index (κ1) is 13.8. The lowest BCUT2D eigenvalue weighted by atomic mass is 9.98. The normalized spacial score (nSPS) is 27.2. The average molecular weight is 265 g/mol. The first-order valence-electron chi connectivity index (χ1n) is 6.54. The second-order valence-electron chi connectivity index (χ2n) is 6.08. The highest BCUT2D eigenvalue weighted by Gasteiger charge is 2.41. The Morgan fingerprint density at radius 2 is 2.05 bits per heavy atom. The van der Waals surface area contributed by atoms with Crippen molar-refractivity contribution in [3.8, 4) is 0 Å². The maximum absolute atomic E-state index is 12.1. The number of ketones is 1. The first-order valence-corrected chi connectivity index (χ1v) is 6.54. The summed E-state index contributed by atoms with van der Waals surface area (Å²) in [7, 11) is 0. The zero-order valence-corrected chi connectivity index (χ0v) is 11.5. The van der Waals surface area contributed by atoms with E-state index in [-0.39, 0.29) is 23.7 Å². The lowest BCUT2D eigenvalue weighted by Crippen LogP contribution is -2.45. The Bertz CT molecular complexity index is 447. The molecule has 2 atom stereocenters. The Hall–Kier alpha value is -1.65. The molecule has 0 bridgehead atoms. The van der Waals surface area contributed by atoms with Crippen molar-refractivity contribution >= 4 is 17.8 Å². The molecule has 2 rings (SSSR count). The van der Waals surface area contributed by atoms with Crippen molar-refractivity contribution in [3.63, 3.8) is 0 Å². The molecule has 0 saturated heterocycles. The molecule has 0 aromatic heterocycles. The van der Waals surface area contributed by atoms with Gasteiger partial charge in [-0.15, -0.1) is 0 Å². The van der Waals surface area contributed by atoms with E-state index >= 15 is 0 Å². The maximum atomic E-state index is 12.1. The van der Waals surface area contributed by atoms with E-state index in [2.05, 4.69) is 0 Å². The number of amides is 2. The minimum atomic E-state index is -0.643. The van der Waals surface area contributed by atoms with Crippen LogP contribution < -0.4 is 0 Å².